The number of para-hydroxylation sites is 2. The van der Waals surface area contributed by atoms with Crippen LogP contribution in [-0.4, -0.2) is 26.9 Å². The molecule has 0 aliphatic carbocycles. The summed E-state index contributed by atoms with van der Waals surface area (Å²) < 4.78 is 27.6. The highest BCUT2D eigenvalue weighted by molar-refractivity contribution is 7.92. The van der Waals surface area contributed by atoms with Gasteiger partial charge in [-0.2, -0.15) is 0 Å². The molecule has 0 bridgehead atoms. The SMILES string of the molecule is CC(=O)N1c2ccccc2N(S(=O)(=O)c2ccc(C)cc2)C[C@@H]1C. The maximum atomic E-state index is 13.1. The normalized spacial score (nSPS) is 17.5. The molecule has 0 N–H and O–H groups in total. The Hall–Kier alpha value is -2.34. The third-order valence-electron chi connectivity index (χ3n) is 4.23. The van der Waals surface area contributed by atoms with Crippen LogP contribution in [0.4, 0.5) is 11.4 Å². The minimum Gasteiger partial charge on any atom is -0.306 e. The van der Waals surface area contributed by atoms with Crippen LogP contribution in [-0.2, 0) is 14.8 Å². The lowest BCUT2D eigenvalue weighted by Gasteiger charge is -2.40. The summed E-state index contributed by atoms with van der Waals surface area (Å²) in [6.45, 7) is 5.50. The Morgan fingerprint density at radius 1 is 1.04 bits per heavy atom. The molecule has 0 unspecified atom stereocenters. The lowest BCUT2D eigenvalue weighted by molar-refractivity contribution is -0.117. The maximum Gasteiger partial charge on any atom is 0.264 e. The van der Waals surface area contributed by atoms with Crippen LogP contribution in [0.3, 0.4) is 0 Å². The summed E-state index contributed by atoms with van der Waals surface area (Å²) in [6.07, 6.45) is 0. The molecule has 1 aliphatic rings. The molecule has 0 saturated heterocycles. The van der Waals surface area contributed by atoms with Crippen molar-refractivity contribution in [1.82, 2.24) is 0 Å². The van der Waals surface area contributed by atoms with E-state index in [1.54, 1.807) is 47.4 Å². The molecule has 0 saturated carbocycles. The van der Waals surface area contributed by atoms with Crippen LogP contribution >= 0.6 is 0 Å². The average molecular weight is 344 g/mol. The highest BCUT2D eigenvalue weighted by Gasteiger charge is 2.36. The van der Waals surface area contributed by atoms with Gasteiger partial charge in [0, 0.05) is 6.92 Å². The number of benzene rings is 2. The van der Waals surface area contributed by atoms with Crippen LogP contribution in [0.1, 0.15) is 19.4 Å². The highest BCUT2D eigenvalue weighted by atomic mass is 32.2. The Kier molecular flexibility index (Phi) is 4.09. The van der Waals surface area contributed by atoms with E-state index >= 15 is 0 Å². The van der Waals surface area contributed by atoms with E-state index in [9.17, 15) is 13.2 Å². The third-order valence-corrected chi connectivity index (χ3v) is 6.02. The fourth-order valence-corrected chi connectivity index (χ4v) is 4.64. The lowest BCUT2D eigenvalue weighted by atomic mass is 10.1. The summed E-state index contributed by atoms with van der Waals surface area (Å²) >= 11 is 0. The Morgan fingerprint density at radius 2 is 1.62 bits per heavy atom. The number of carbonyl (C=O) groups is 1. The van der Waals surface area contributed by atoms with Gasteiger partial charge in [0.2, 0.25) is 5.91 Å². The lowest BCUT2D eigenvalue weighted by Crippen LogP contribution is -2.51. The van der Waals surface area contributed by atoms with Gasteiger partial charge in [-0.3, -0.25) is 9.10 Å². The quantitative estimate of drug-likeness (QED) is 0.842. The first kappa shape index (κ1) is 16.5. The minimum atomic E-state index is -3.68. The van der Waals surface area contributed by atoms with E-state index < -0.39 is 10.0 Å². The second kappa shape index (κ2) is 5.94. The number of anilines is 2. The topological polar surface area (TPSA) is 57.7 Å². The van der Waals surface area contributed by atoms with E-state index in [0.717, 1.165) is 5.56 Å². The standard InChI is InChI=1S/C18H20N2O3S/c1-13-8-10-16(11-9-13)24(22,23)19-12-14(2)20(15(3)21)18-7-5-4-6-17(18)19/h4-11,14H,12H2,1-3H3/t14-/m0/s1. The predicted molar refractivity (Wildman–Crippen MR) is 94.8 cm³/mol. The van der Waals surface area contributed by atoms with Crippen LogP contribution in [0.15, 0.2) is 53.4 Å². The van der Waals surface area contributed by atoms with Crippen molar-refractivity contribution in [3.05, 3.63) is 54.1 Å². The van der Waals surface area contributed by atoms with Gasteiger partial charge in [-0.25, -0.2) is 8.42 Å². The van der Waals surface area contributed by atoms with Crippen molar-refractivity contribution in [2.45, 2.75) is 31.7 Å². The predicted octanol–water partition coefficient (Wildman–Crippen LogP) is 2.95. The van der Waals surface area contributed by atoms with Crippen LogP contribution in [0.2, 0.25) is 0 Å². The molecule has 2 aromatic carbocycles. The molecule has 0 aromatic heterocycles. The molecule has 1 aliphatic heterocycles. The van der Waals surface area contributed by atoms with Crippen molar-refractivity contribution in [3.8, 4) is 0 Å². The zero-order valence-corrected chi connectivity index (χ0v) is 14.7. The van der Waals surface area contributed by atoms with Gasteiger partial charge < -0.3 is 4.90 Å². The summed E-state index contributed by atoms with van der Waals surface area (Å²) in [6, 6.07) is 13.7. The zero-order chi connectivity index (χ0) is 17.5. The molecule has 1 atom stereocenters. The largest absolute Gasteiger partial charge is 0.306 e. The second-order valence-electron chi connectivity index (χ2n) is 6.08. The van der Waals surface area contributed by atoms with Crippen LogP contribution < -0.4 is 9.21 Å². The Bertz CT molecular complexity index is 875. The number of sulfonamides is 1. The number of hydrogen-bond donors (Lipinski definition) is 0. The smallest absolute Gasteiger partial charge is 0.264 e. The molecule has 0 fully saturated rings. The third kappa shape index (κ3) is 2.67. The van der Waals surface area contributed by atoms with Gasteiger partial charge in [-0.15, -0.1) is 0 Å². The van der Waals surface area contributed by atoms with Gasteiger partial charge in [0.05, 0.1) is 28.9 Å². The van der Waals surface area contributed by atoms with Crippen molar-refractivity contribution < 1.29 is 13.2 Å². The maximum absolute atomic E-state index is 13.1. The highest BCUT2D eigenvalue weighted by Crippen LogP contribution is 2.38. The first-order valence-electron chi connectivity index (χ1n) is 7.80. The summed E-state index contributed by atoms with van der Waals surface area (Å²) in [5.74, 6) is -0.0951. The number of hydrogen-bond acceptors (Lipinski definition) is 3. The van der Waals surface area contributed by atoms with E-state index in [2.05, 4.69) is 0 Å². The van der Waals surface area contributed by atoms with Crippen molar-refractivity contribution in [3.63, 3.8) is 0 Å². The van der Waals surface area contributed by atoms with Crippen molar-refractivity contribution in [2.75, 3.05) is 15.7 Å². The van der Waals surface area contributed by atoms with Crippen LogP contribution in [0.25, 0.3) is 0 Å². The molecule has 1 amide bonds. The fraction of sp³-hybridized carbons (Fsp3) is 0.278. The van der Waals surface area contributed by atoms with E-state index in [-0.39, 0.29) is 23.4 Å². The van der Waals surface area contributed by atoms with Gasteiger partial charge >= 0.3 is 0 Å². The molecule has 2 aromatic rings. The van der Waals surface area contributed by atoms with Crippen molar-refractivity contribution in [1.29, 1.82) is 0 Å². The number of rotatable bonds is 2. The molecular formula is C18H20N2O3S. The summed E-state index contributed by atoms with van der Waals surface area (Å²) in [4.78, 5) is 13.9. The number of aryl methyl sites for hydroxylation is 1. The molecule has 1 heterocycles. The van der Waals surface area contributed by atoms with E-state index in [1.165, 1.54) is 11.2 Å². The first-order chi connectivity index (χ1) is 11.3. The molecule has 6 heteroatoms. The molecule has 5 nitrogen and oxygen atoms in total. The van der Waals surface area contributed by atoms with Crippen LogP contribution in [0, 0.1) is 6.92 Å². The van der Waals surface area contributed by atoms with Crippen molar-refractivity contribution >= 4 is 27.3 Å². The van der Waals surface area contributed by atoms with E-state index in [1.807, 2.05) is 19.9 Å². The molecule has 0 spiro atoms. The zero-order valence-electron chi connectivity index (χ0n) is 13.9. The molecule has 0 radical (unpaired) electrons. The van der Waals surface area contributed by atoms with Gasteiger partial charge in [0.15, 0.2) is 0 Å². The number of fused-ring (bicyclic) bond motifs is 1. The minimum absolute atomic E-state index is 0.0951. The Morgan fingerprint density at radius 3 is 2.21 bits per heavy atom. The summed E-state index contributed by atoms with van der Waals surface area (Å²) in [5, 5.41) is 0. The second-order valence-corrected chi connectivity index (χ2v) is 7.94. The van der Waals surface area contributed by atoms with Crippen LogP contribution in [0.5, 0.6) is 0 Å². The fourth-order valence-electron chi connectivity index (χ4n) is 3.08. The van der Waals surface area contributed by atoms with Gasteiger partial charge in [0.25, 0.3) is 10.0 Å². The average Bonchev–Trinajstić information content (AvgIpc) is 2.54. The number of nitrogens with zero attached hydrogens (tertiary/aromatic N) is 2. The van der Waals surface area contributed by atoms with E-state index in [0.29, 0.717) is 11.4 Å². The summed E-state index contributed by atoms with van der Waals surface area (Å²) in [5.41, 5.74) is 2.16. The van der Waals surface area contributed by atoms with Gasteiger partial charge in [-0.1, -0.05) is 29.8 Å². The monoisotopic (exact) mass is 344 g/mol. The first-order valence-corrected chi connectivity index (χ1v) is 9.24. The Labute approximate surface area is 142 Å². The molecule has 3 rings (SSSR count). The molecule has 24 heavy (non-hydrogen) atoms. The Balaban J connectivity index is 2.13. The van der Waals surface area contributed by atoms with E-state index in [4.69, 9.17) is 0 Å². The summed E-state index contributed by atoms with van der Waals surface area (Å²) in [7, 11) is -3.68. The van der Waals surface area contributed by atoms with Crippen molar-refractivity contribution in [2.24, 2.45) is 0 Å². The van der Waals surface area contributed by atoms with Gasteiger partial charge in [0.1, 0.15) is 0 Å². The molecule has 126 valence electrons. The number of carbonyl (C=O) groups excluding carboxylic acids is 1. The van der Waals surface area contributed by atoms with Gasteiger partial charge in [-0.05, 0) is 38.1 Å². The number of amides is 1. The molecular weight excluding hydrogens is 324 g/mol.